The molecule has 10 nitrogen and oxygen atoms in total. The van der Waals surface area contributed by atoms with Gasteiger partial charge in [-0.2, -0.15) is 0 Å². The van der Waals surface area contributed by atoms with Crippen molar-refractivity contribution in [3.8, 4) is 28.7 Å². The number of esters is 1. The largest absolute Gasteiger partial charge is 0.497 e. The molecule has 0 saturated carbocycles. The van der Waals surface area contributed by atoms with Gasteiger partial charge in [-0.25, -0.2) is 0 Å². The third-order valence-corrected chi connectivity index (χ3v) is 5.93. The lowest BCUT2D eigenvalue weighted by Crippen LogP contribution is -2.28. The van der Waals surface area contributed by atoms with E-state index in [1.807, 2.05) is 12.1 Å². The summed E-state index contributed by atoms with van der Waals surface area (Å²) < 4.78 is 26.7. The number of carbonyl (C=O) groups excluding carboxylic acids is 3. The highest BCUT2D eigenvalue weighted by molar-refractivity contribution is 6.00. The van der Waals surface area contributed by atoms with Crippen molar-refractivity contribution in [1.82, 2.24) is 0 Å². The van der Waals surface area contributed by atoms with Crippen LogP contribution in [0.2, 0.25) is 0 Å². The van der Waals surface area contributed by atoms with Crippen LogP contribution in [0, 0.1) is 5.92 Å². The van der Waals surface area contributed by atoms with E-state index in [2.05, 4.69) is 5.32 Å². The molecule has 1 fully saturated rings. The smallest absolute Gasteiger partial charge is 0.311 e. The van der Waals surface area contributed by atoms with Gasteiger partial charge in [-0.3, -0.25) is 14.4 Å². The molecule has 1 saturated heterocycles. The summed E-state index contributed by atoms with van der Waals surface area (Å²) in [5.41, 5.74) is 1.04. The molecule has 1 atom stereocenters. The SMILES string of the molecule is COc1ccc(NC(=O)COC(=O)[C@@H]2CC(=O)N(c3ccc(Oc4ccccc4OC)cc3)C2)c(OC)c1. The van der Waals surface area contributed by atoms with E-state index in [1.165, 1.54) is 19.1 Å². The number of benzene rings is 3. The van der Waals surface area contributed by atoms with Crippen LogP contribution in [-0.2, 0) is 19.1 Å². The first-order valence-corrected chi connectivity index (χ1v) is 11.8. The van der Waals surface area contributed by atoms with E-state index in [0.717, 1.165) is 0 Å². The third-order valence-electron chi connectivity index (χ3n) is 5.93. The van der Waals surface area contributed by atoms with Gasteiger partial charge >= 0.3 is 5.97 Å². The summed E-state index contributed by atoms with van der Waals surface area (Å²) in [5.74, 6) is 0.665. The Labute approximate surface area is 220 Å². The molecule has 0 unspecified atom stereocenters. The van der Waals surface area contributed by atoms with Crippen LogP contribution in [-0.4, -0.2) is 52.3 Å². The molecule has 0 bridgehead atoms. The van der Waals surface area contributed by atoms with Crippen molar-refractivity contribution in [1.29, 1.82) is 0 Å². The van der Waals surface area contributed by atoms with Crippen LogP contribution in [0.25, 0.3) is 0 Å². The number of carbonyl (C=O) groups is 3. The number of nitrogens with one attached hydrogen (secondary N) is 1. The number of para-hydroxylation sites is 2. The molecule has 0 aromatic heterocycles. The average Bonchev–Trinajstić information content (AvgIpc) is 3.34. The molecule has 3 aromatic rings. The van der Waals surface area contributed by atoms with Crippen LogP contribution in [0.3, 0.4) is 0 Å². The Hall–Kier alpha value is -4.73. The molecule has 1 aliphatic heterocycles. The van der Waals surface area contributed by atoms with Gasteiger partial charge in [0.1, 0.15) is 17.2 Å². The van der Waals surface area contributed by atoms with Crippen LogP contribution >= 0.6 is 0 Å². The van der Waals surface area contributed by atoms with Crippen molar-refractivity contribution in [3.63, 3.8) is 0 Å². The van der Waals surface area contributed by atoms with Crippen molar-refractivity contribution in [2.24, 2.45) is 5.92 Å². The van der Waals surface area contributed by atoms with Gasteiger partial charge in [0.25, 0.3) is 5.91 Å². The van der Waals surface area contributed by atoms with E-state index in [9.17, 15) is 14.4 Å². The van der Waals surface area contributed by atoms with Gasteiger partial charge in [-0.1, -0.05) is 12.1 Å². The van der Waals surface area contributed by atoms with E-state index in [1.54, 1.807) is 61.7 Å². The molecule has 1 aliphatic rings. The van der Waals surface area contributed by atoms with Gasteiger partial charge in [0.15, 0.2) is 18.1 Å². The first-order valence-electron chi connectivity index (χ1n) is 11.8. The van der Waals surface area contributed by atoms with Gasteiger partial charge in [0.05, 0.1) is 32.9 Å². The van der Waals surface area contributed by atoms with Gasteiger partial charge in [0.2, 0.25) is 5.91 Å². The molecule has 10 heteroatoms. The van der Waals surface area contributed by atoms with E-state index < -0.39 is 24.4 Å². The molecule has 0 spiro atoms. The second-order valence-corrected chi connectivity index (χ2v) is 8.37. The summed E-state index contributed by atoms with van der Waals surface area (Å²) in [6, 6.07) is 19.1. The molecule has 1 N–H and O–H groups in total. The molecule has 198 valence electrons. The minimum atomic E-state index is -0.685. The molecule has 2 amide bonds. The summed E-state index contributed by atoms with van der Waals surface area (Å²) in [5, 5.41) is 2.64. The quantitative estimate of drug-likeness (QED) is 0.399. The fraction of sp³-hybridized carbons (Fsp3) is 0.250. The molecule has 0 radical (unpaired) electrons. The van der Waals surface area contributed by atoms with Gasteiger partial charge < -0.3 is 33.9 Å². The van der Waals surface area contributed by atoms with E-state index in [4.69, 9.17) is 23.7 Å². The van der Waals surface area contributed by atoms with Crippen molar-refractivity contribution >= 4 is 29.2 Å². The van der Waals surface area contributed by atoms with Crippen molar-refractivity contribution < 1.29 is 38.1 Å². The lowest BCUT2D eigenvalue weighted by molar-refractivity contribution is -0.151. The predicted molar refractivity (Wildman–Crippen MR) is 139 cm³/mol. The van der Waals surface area contributed by atoms with Crippen LogP contribution in [0.5, 0.6) is 28.7 Å². The van der Waals surface area contributed by atoms with Crippen molar-refractivity contribution in [2.45, 2.75) is 6.42 Å². The maximum Gasteiger partial charge on any atom is 0.311 e. The number of ether oxygens (including phenoxy) is 5. The normalized spacial score (nSPS) is 14.6. The number of hydrogen-bond acceptors (Lipinski definition) is 8. The molecule has 4 rings (SSSR count). The Kier molecular flexibility index (Phi) is 8.32. The number of hydrogen-bond donors (Lipinski definition) is 1. The summed E-state index contributed by atoms with van der Waals surface area (Å²) in [4.78, 5) is 39.1. The van der Waals surface area contributed by atoms with Crippen LogP contribution in [0.4, 0.5) is 11.4 Å². The minimum Gasteiger partial charge on any atom is -0.497 e. The van der Waals surface area contributed by atoms with Gasteiger partial charge in [-0.15, -0.1) is 0 Å². The first-order chi connectivity index (χ1) is 18.4. The monoisotopic (exact) mass is 520 g/mol. The fourth-order valence-corrected chi connectivity index (χ4v) is 3.98. The second kappa shape index (κ2) is 12.0. The standard InChI is InChI=1S/C28H28N2O8/c1-34-21-12-13-22(25(15-21)36-3)29-26(31)17-37-28(33)18-14-27(32)30(16-18)19-8-10-20(11-9-19)38-24-7-5-4-6-23(24)35-2/h4-13,15,18H,14,16-17H2,1-3H3,(H,29,31)/t18-/m1/s1. The lowest BCUT2D eigenvalue weighted by Gasteiger charge is -2.17. The maximum atomic E-state index is 12.6. The molecule has 1 heterocycles. The number of rotatable bonds is 10. The zero-order chi connectivity index (χ0) is 27.1. The topological polar surface area (TPSA) is 113 Å². The maximum absolute atomic E-state index is 12.6. The molecular formula is C28H28N2O8. The Morgan fingerprint density at radius 1 is 0.868 bits per heavy atom. The molecule has 0 aliphatic carbocycles. The van der Waals surface area contributed by atoms with Crippen molar-refractivity contribution in [2.75, 3.05) is 44.7 Å². The highest BCUT2D eigenvalue weighted by atomic mass is 16.5. The van der Waals surface area contributed by atoms with Crippen LogP contribution in [0.15, 0.2) is 66.7 Å². The Morgan fingerprint density at radius 2 is 1.55 bits per heavy atom. The first kappa shape index (κ1) is 26.3. The van der Waals surface area contributed by atoms with Gasteiger partial charge in [-0.05, 0) is 48.5 Å². The Morgan fingerprint density at radius 3 is 2.24 bits per heavy atom. The highest BCUT2D eigenvalue weighted by Crippen LogP contribution is 2.33. The predicted octanol–water partition coefficient (Wildman–Crippen LogP) is 4.04. The van der Waals surface area contributed by atoms with Crippen LogP contribution < -0.4 is 29.2 Å². The molecule has 3 aromatic carbocycles. The second-order valence-electron chi connectivity index (χ2n) is 8.37. The third kappa shape index (κ3) is 6.15. The number of nitrogens with zero attached hydrogens (tertiary/aromatic N) is 1. The average molecular weight is 521 g/mol. The molecule has 38 heavy (non-hydrogen) atoms. The van der Waals surface area contributed by atoms with Gasteiger partial charge in [0, 0.05) is 24.7 Å². The summed E-state index contributed by atoms with van der Waals surface area (Å²) in [6.45, 7) is -0.341. The summed E-state index contributed by atoms with van der Waals surface area (Å²) >= 11 is 0. The lowest BCUT2D eigenvalue weighted by atomic mass is 10.1. The minimum absolute atomic E-state index is 0.00772. The van der Waals surface area contributed by atoms with Crippen molar-refractivity contribution in [3.05, 3.63) is 66.7 Å². The van der Waals surface area contributed by atoms with E-state index in [0.29, 0.717) is 40.1 Å². The Balaban J connectivity index is 1.30. The van der Waals surface area contributed by atoms with E-state index >= 15 is 0 Å². The summed E-state index contributed by atoms with van der Waals surface area (Å²) in [7, 11) is 4.55. The molecular weight excluding hydrogens is 492 g/mol. The number of methoxy groups -OCH3 is 3. The zero-order valence-corrected chi connectivity index (χ0v) is 21.3. The van der Waals surface area contributed by atoms with Crippen LogP contribution in [0.1, 0.15) is 6.42 Å². The number of amides is 2. The highest BCUT2D eigenvalue weighted by Gasteiger charge is 2.36. The number of anilines is 2. The Bertz CT molecular complexity index is 1310. The zero-order valence-electron chi connectivity index (χ0n) is 21.3. The fourth-order valence-electron chi connectivity index (χ4n) is 3.98. The summed E-state index contributed by atoms with van der Waals surface area (Å²) in [6.07, 6.45) is -0.00772. The van der Waals surface area contributed by atoms with E-state index in [-0.39, 0.29) is 18.9 Å².